The van der Waals surface area contributed by atoms with E-state index in [0.29, 0.717) is 16.9 Å². The van der Waals surface area contributed by atoms with Crippen LogP contribution in [0.15, 0.2) is 17.0 Å². The van der Waals surface area contributed by atoms with Crippen LogP contribution in [0.4, 0.5) is 0 Å². The molecule has 0 unspecified atom stereocenters. The Kier molecular flexibility index (Phi) is 4.38. The second-order valence-electron chi connectivity index (χ2n) is 4.35. The van der Waals surface area contributed by atoms with Gasteiger partial charge in [0, 0.05) is 0 Å². The molecule has 1 aromatic rings. The van der Waals surface area contributed by atoms with Crippen molar-refractivity contribution in [3.63, 3.8) is 0 Å². The molecule has 0 fully saturated rings. The van der Waals surface area contributed by atoms with E-state index in [0.717, 1.165) is 0 Å². The number of benzene rings is 1. The van der Waals surface area contributed by atoms with Crippen LogP contribution >= 0.6 is 0 Å². The number of sulfonamides is 1. The Morgan fingerprint density at radius 2 is 2.06 bits per heavy atom. The molecule has 0 radical (unpaired) electrons. The Balaban J connectivity index is 3.40. The molecule has 4 nitrogen and oxygen atoms in total. The lowest BCUT2D eigenvalue weighted by Gasteiger charge is -2.15. The van der Waals surface area contributed by atoms with Crippen molar-refractivity contribution < 1.29 is 13.2 Å². The molecule has 0 saturated carbocycles. The summed E-state index contributed by atoms with van der Waals surface area (Å²) in [6.07, 6.45) is 5.13. The number of ether oxygens (including phenoxy) is 1. The van der Waals surface area contributed by atoms with Crippen LogP contribution < -0.4 is 9.88 Å². The van der Waals surface area contributed by atoms with Gasteiger partial charge < -0.3 is 4.74 Å². The molecule has 18 heavy (non-hydrogen) atoms. The van der Waals surface area contributed by atoms with Gasteiger partial charge in [0.05, 0.1) is 4.90 Å². The van der Waals surface area contributed by atoms with Gasteiger partial charge in [-0.15, -0.1) is 6.42 Å². The lowest BCUT2D eigenvalue weighted by Crippen LogP contribution is -2.16. The Labute approximate surface area is 108 Å². The van der Waals surface area contributed by atoms with Gasteiger partial charge in [-0.1, -0.05) is 19.8 Å². The van der Waals surface area contributed by atoms with E-state index >= 15 is 0 Å². The predicted molar refractivity (Wildman–Crippen MR) is 71.0 cm³/mol. The zero-order valence-corrected chi connectivity index (χ0v) is 11.5. The molecule has 0 spiro atoms. The highest BCUT2D eigenvalue weighted by atomic mass is 32.2. The molecule has 0 aliphatic carbocycles. The summed E-state index contributed by atoms with van der Waals surface area (Å²) in [6.45, 7) is 5.69. The number of rotatable bonds is 4. The molecule has 0 bridgehead atoms. The smallest absolute Gasteiger partial charge is 0.238 e. The van der Waals surface area contributed by atoms with Crippen LogP contribution in [0.1, 0.15) is 30.9 Å². The summed E-state index contributed by atoms with van der Waals surface area (Å²) < 4.78 is 28.5. The largest absolute Gasteiger partial charge is 0.481 e. The van der Waals surface area contributed by atoms with E-state index < -0.39 is 10.0 Å². The molecule has 1 rings (SSSR count). The molecule has 0 heterocycles. The first-order valence-corrected chi connectivity index (χ1v) is 7.05. The number of hydrogen-bond acceptors (Lipinski definition) is 3. The molecule has 0 aromatic heterocycles. The SMILES string of the molecule is C#CCOc1cc(C(C)C)c(S(N)(=O)=O)cc1C. The van der Waals surface area contributed by atoms with Crippen molar-refractivity contribution in [1.82, 2.24) is 0 Å². The lowest BCUT2D eigenvalue weighted by atomic mass is 10.0. The Morgan fingerprint density at radius 1 is 1.44 bits per heavy atom. The van der Waals surface area contributed by atoms with E-state index in [1.165, 1.54) is 6.07 Å². The average Bonchev–Trinajstić information content (AvgIpc) is 2.25. The maximum Gasteiger partial charge on any atom is 0.238 e. The fraction of sp³-hybridized carbons (Fsp3) is 0.385. The van der Waals surface area contributed by atoms with Crippen LogP contribution in [-0.4, -0.2) is 15.0 Å². The molecule has 0 aliphatic heterocycles. The van der Waals surface area contributed by atoms with E-state index in [2.05, 4.69) is 5.92 Å². The van der Waals surface area contributed by atoms with E-state index in [4.69, 9.17) is 16.3 Å². The maximum atomic E-state index is 11.5. The lowest BCUT2D eigenvalue weighted by molar-refractivity contribution is 0.366. The molecule has 0 saturated heterocycles. The number of primary sulfonamides is 1. The first-order valence-electron chi connectivity index (χ1n) is 5.51. The molecule has 5 heteroatoms. The molecule has 1 aromatic carbocycles. The van der Waals surface area contributed by atoms with E-state index in [9.17, 15) is 8.42 Å². The van der Waals surface area contributed by atoms with Crippen LogP contribution in [0.2, 0.25) is 0 Å². The van der Waals surface area contributed by atoms with Gasteiger partial charge in [0.25, 0.3) is 0 Å². The van der Waals surface area contributed by atoms with Gasteiger partial charge in [-0.05, 0) is 36.1 Å². The van der Waals surface area contributed by atoms with E-state index in [1.54, 1.807) is 13.0 Å². The number of nitrogens with two attached hydrogens (primary N) is 1. The molecule has 0 amide bonds. The summed E-state index contributed by atoms with van der Waals surface area (Å²) in [4.78, 5) is 0.142. The van der Waals surface area contributed by atoms with E-state index in [-0.39, 0.29) is 17.4 Å². The van der Waals surface area contributed by atoms with Crippen molar-refractivity contribution in [2.45, 2.75) is 31.6 Å². The van der Waals surface area contributed by atoms with Gasteiger partial charge in [0.2, 0.25) is 10.0 Å². The van der Waals surface area contributed by atoms with Gasteiger partial charge in [0.15, 0.2) is 0 Å². The molecule has 0 atom stereocenters. The average molecular weight is 267 g/mol. The van der Waals surface area contributed by atoms with Gasteiger partial charge in [0.1, 0.15) is 12.4 Å². The third-order valence-corrected chi connectivity index (χ3v) is 3.51. The van der Waals surface area contributed by atoms with Crippen LogP contribution in [0.25, 0.3) is 0 Å². The minimum absolute atomic E-state index is 0.0205. The quantitative estimate of drug-likeness (QED) is 0.845. The first-order chi connectivity index (χ1) is 8.27. The highest BCUT2D eigenvalue weighted by Gasteiger charge is 2.18. The van der Waals surface area contributed by atoms with Crippen molar-refractivity contribution in [3.05, 3.63) is 23.3 Å². The zero-order valence-electron chi connectivity index (χ0n) is 10.7. The second kappa shape index (κ2) is 5.42. The van der Waals surface area contributed by atoms with Crippen LogP contribution in [0.3, 0.4) is 0 Å². The summed E-state index contributed by atoms with van der Waals surface area (Å²) in [5.74, 6) is 2.98. The third-order valence-electron chi connectivity index (χ3n) is 2.55. The van der Waals surface area contributed by atoms with Crippen LogP contribution in [-0.2, 0) is 10.0 Å². The van der Waals surface area contributed by atoms with Crippen molar-refractivity contribution in [3.8, 4) is 18.1 Å². The standard InChI is InChI=1S/C13H17NO3S/c1-5-6-17-12-8-11(9(2)3)13(7-10(12)4)18(14,15)16/h1,7-9H,6H2,2-4H3,(H2,14,15,16). The van der Waals surface area contributed by atoms with Crippen LogP contribution in [0, 0.1) is 19.3 Å². The minimum atomic E-state index is -3.73. The normalized spacial score (nSPS) is 11.3. The summed E-state index contributed by atoms with van der Waals surface area (Å²) in [5.41, 5.74) is 1.33. The zero-order chi connectivity index (χ0) is 13.9. The van der Waals surface area contributed by atoms with Gasteiger partial charge in [-0.2, -0.15) is 0 Å². The number of hydrogen-bond donors (Lipinski definition) is 1. The van der Waals surface area contributed by atoms with Crippen molar-refractivity contribution in [2.75, 3.05) is 6.61 Å². The third kappa shape index (κ3) is 3.25. The highest BCUT2D eigenvalue weighted by Crippen LogP contribution is 2.30. The monoisotopic (exact) mass is 267 g/mol. The summed E-state index contributed by atoms with van der Waals surface area (Å²) in [5, 5.41) is 5.21. The molecule has 2 N–H and O–H groups in total. The Hall–Kier alpha value is -1.51. The topological polar surface area (TPSA) is 69.4 Å². The number of terminal acetylenes is 1. The van der Waals surface area contributed by atoms with Gasteiger partial charge in [-0.25, -0.2) is 13.6 Å². The predicted octanol–water partition coefficient (Wildman–Crippen LogP) is 1.78. The Morgan fingerprint density at radius 3 is 2.50 bits per heavy atom. The number of aryl methyl sites for hydroxylation is 1. The summed E-state index contributed by atoms with van der Waals surface area (Å²) >= 11 is 0. The fourth-order valence-electron chi connectivity index (χ4n) is 1.65. The van der Waals surface area contributed by atoms with Gasteiger partial charge >= 0.3 is 0 Å². The summed E-state index contributed by atoms with van der Waals surface area (Å²) in [6, 6.07) is 3.22. The fourth-order valence-corrected chi connectivity index (χ4v) is 2.61. The van der Waals surface area contributed by atoms with Crippen LogP contribution in [0.5, 0.6) is 5.75 Å². The van der Waals surface area contributed by atoms with Crippen molar-refractivity contribution in [1.29, 1.82) is 0 Å². The molecule has 98 valence electrons. The van der Waals surface area contributed by atoms with Crippen molar-refractivity contribution in [2.24, 2.45) is 5.14 Å². The molecular formula is C13H17NO3S. The summed E-state index contributed by atoms with van der Waals surface area (Å²) in [7, 11) is -3.73. The molecular weight excluding hydrogens is 250 g/mol. The van der Waals surface area contributed by atoms with Gasteiger partial charge in [-0.3, -0.25) is 0 Å². The molecule has 0 aliphatic rings. The second-order valence-corrected chi connectivity index (χ2v) is 5.88. The van der Waals surface area contributed by atoms with Crippen molar-refractivity contribution >= 4 is 10.0 Å². The Bertz CT molecular complexity index is 583. The minimum Gasteiger partial charge on any atom is -0.481 e. The highest BCUT2D eigenvalue weighted by molar-refractivity contribution is 7.89. The maximum absolute atomic E-state index is 11.5. The first kappa shape index (κ1) is 14.6. The van der Waals surface area contributed by atoms with E-state index in [1.807, 2.05) is 13.8 Å².